The fourth-order valence-corrected chi connectivity index (χ4v) is 3.48. The van der Waals surface area contributed by atoms with Crippen molar-refractivity contribution in [2.24, 2.45) is 0 Å². The van der Waals surface area contributed by atoms with Crippen LogP contribution >= 0.6 is 0 Å². The van der Waals surface area contributed by atoms with Gasteiger partial charge in [0.2, 0.25) is 0 Å². The normalized spacial score (nSPS) is 13.1. The molecule has 3 heterocycles. The van der Waals surface area contributed by atoms with E-state index in [2.05, 4.69) is 20.2 Å². The van der Waals surface area contributed by atoms with E-state index >= 15 is 0 Å². The molecule has 2 aromatic heterocycles. The summed E-state index contributed by atoms with van der Waals surface area (Å²) in [5.74, 6) is 1.83. The summed E-state index contributed by atoms with van der Waals surface area (Å²) in [6.45, 7) is 4.80. The Labute approximate surface area is 182 Å². The minimum Gasteiger partial charge on any atom is -0.490 e. The molecule has 1 aliphatic heterocycles. The van der Waals surface area contributed by atoms with Gasteiger partial charge in [0.15, 0.2) is 11.5 Å². The van der Waals surface area contributed by atoms with Gasteiger partial charge in [0, 0.05) is 36.6 Å². The number of pyridine rings is 2. The van der Waals surface area contributed by atoms with E-state index in [-0.39, 0.29) is 5.91 Å². The quantitative estimate of drug-likeness (QED) is 0.588. The lowest BCUT2D eigenvalue weighted by molar-refractivity contribution is 0.102. The number of benzene rings is 1. The molecule has 7 nitrogen and oxygen atoms in total. The molecule has 0 atom stereocenters. The van der Waals surface area contributed by atoms with Crippen molar-refractivity contribution in [2.45, 2.75) is 26.4 Å². The average molecular weight is 418 g/mol. The van der Waals surface area contributed by atoms with Crippen molar-refractivity contribution in [3.8, 4) is 11.5 Å². The van der Waals surface area contributed by atoms with Crippen molar-refractivity contribution in [2.75, 3.05) is 29.9 Å². The third-order valence-electron chi connectivity index (χ3n) is 5.06. The van der Waals surface area contributed by atoms with Gasteiger partial charge >= 0.3 is 0 Å². The number of anilines is 2. The largest absolute Gasteiger partial charge is 0.490 e. The van der Waals surface area contributed by atoms with Crippen LogP contribution in [0.5, 0.6) is 11.5 Å². The zero-order valence-corrected chi connectivity index (χ0v) is 17.6. The van der Waals surface area contributed by atoms with Crippen LogP contribution in [0.25, 0.3) is 0 Å². The van der Waals surface area contributed by atoms with Gasteiger partial charge < -0.3 is 19.7 Å². The Hall–Kier alpha value is -3.61. The summed E-state index contributed by atoms with van der Waals surface area (Å²) in [4.78, 5) is 23.6. The fraction of sp³-hybridized carbons (Fsp3) is 0.292. The lowest BCUT2D eigenvalue weighted by Crippen LogP contribution is -2.19. The molecule has 1 fully saturated rings. The van der Waals surface area contributed by atoms with Crippen molar-refractivity contribution >= 4 is 17.4 Å². The topological polar surface area (TPSA) is 76.6 Å². The van der Waals surface area contributed by atoms with E-state index in [1.165, 1.54) is 12.8 Å². The Kier molecular flexibility index (Phi) is 6.62. The molecule has 31 heavy (non-hydrogen) atoms. The maximum atomic E-state index is 12.7. The molecule has 0 unspecified atom stereocenters. The molecule has 0 saturated carbocycles. The number of nitrogens with zero attached hydrogens (tertiary/aromatic N) is 3. The second-order valence-electron chi connectivity index (χ2n) is 7.30. The van der Waals surface area contributed by atoms with Gasteiger partial charge in [0.05, 0.1) is 18.5 Å². The summed E-state index contributed by atoms with van der Waals surface area (Å²) >= 11 is 0. The molecule has 3 aromatic rings. The van der Waals surface area contributed by atoms with Crippen LogP contribution in [-0.4, -0.2) is 35.6 Å². The Morgan fingerprint density at radius 2 is 1.94 bits per heavy atom. The third kappa shape index (κ3) is 5.31. The molecule has 1 aliphatic rings. The van der Waals surface area contributed by atoms with Crippen LogP contribution in [0.1, 0.15) is 35.7 Å². The highest BCUT2D eigenvalue weighted by Crippen LogP contribution is 2.30. The number of nitrogens with one attached hydrogen (secondary N) is 1. The fourth-order valence-electron chi connectivity index (χ4n) is 3.48. The van der Waals surface area contributed by atoms with Gasteiger partial charge in [0.1, 0.15) is 12.4 Å². The Balaban J connectivity index is 1.43. The molecule has 1 aromatic carbocycles. The van der Waals surface area contributed by atoms with Crippen molar-refractivity contribution in [3.63, 3.8) is 0 Å². The van der Waals surface area contributed by atoms with E-state index in [9.17, 15) is 4.79 Å². The molecular formula is C24H26N4O3. The van der Waals surface area contributed by atoms with Gasteiger partial charge in [-0.1, -0.05) is 6.07 Å². The predicted octanol–water partition coefficient (Wildman–Crippen LogP) is 4.31. The van der Waals surface area contributed by atoms with E-state index in [1.807, 2.05) is 31.2 Å². The summed E-state index contributed by atoms with van der Waals surface area (Å²) < 4.78 is 11.6. The number of carbonyl (C=O) groups excluding carboxylic acids is 1. The highest BCUT2D eigenvalue weighted by molar-refractivity contribution is 6.04. The van der Waals surface area contributed by atoms with Crippen LogP contribution < -0.4 is 19.7 Å². The first kappa shape index (κ1) is 20.7. The SMILES string of the molecule is CCOc1cc(C(=O)Nc2ccc(N3CCCC3)nc2)ccc1OCc1cccnc1. The summed E-state index contributed by atoms with van der Waals surface area (Å²) in [5.41, 5.74) is 2.10. The first-order valence-corrected chi connectivity index (χ1v) is 10.5. The molecule has 1 amide bonds. The zero-order chi connectivity index (χ0) is 21.5. The number of aromatic nitrogens is 2. The van der Waals surface area contributed by atoms with Crippen LogP contribution in [0, 0.1) is 0 Å². The van der Waals surface area contributed by atoms with E-state index in [0.29, 0.717) is 36.0 Å². The van der Waals surface area contributed by atoms with Gasteiger partial charge in [-0.25, -0.2) is 4.98 Å². The summed E-state index contributed by atoms with van der Waals surface area (Å²) in [5, 5.41) is 2.90. The lowest BCUT2D eigenvalue weighted by Gasteiger charge is -2.16. The Morgan fingerprint density at radius 1 is 1.06 bits per heavy atom. The van der Waals surface area contributed by atoms with Gasteiger partial charge in [0.25, 0.3) is 5.91 Å². The monoisotopic (exact) mass is 418 g/mol. The van der Waals surface area contributed by atoms with Crippen molar-refractivity contribution < 1.29 is 14.3 Å². The van der Waals surface area contributed by atoms with Crippen molar-refractivity contribution in [1.82, 2.24) is 9.97 Å². The number of amides is 1. The number of hydrogen-bond donors (Lipinski definition) is 1. The van der Waals surface area contributed by atoms with E-state index in [0.717, 1.165) is 24.5 Å². The summed E-state index contributed by atoms with van der Waals surface area (Å²) in [7, 11) is 0. The first-order valence-electron chi connectivity index (χ1n) is 10.5. The maximum Gasteiger partial charge on any atom is 0.255 e. The number of carbonyl (C=O) groups is 1. The van der Waals surface area contributed by atoms with Crippen LogP contribution in [-0.2, 0) is 6.61 Å². The lowest BCUT2D eigenvalue weighted by atomic mass is 10.2. The predicted molar refractivity (Wildman–Crippen MR) is 120 cm³/mol. The number of rotatable bonds is 8. The van der Waals surface area contributed by atoms with Crippen LogP contribution in [0.2, 0.25) is 0 Å². The molecule has 0 aliphatic carbocycles. The molecule has 160 valence electrons. The maximum absolute atomic E-state index is 12.7. The van der Waals surface area contributed by atoms with Gasteiger partial charge in [-0.05, 0) is 56.2 Å². The van der Waals surface area contributed by atoms with Gasteiger partial charge in [-0.15, -0.1) is 0 Å². The van der Waals surface area contributed by atoms with E-state index in [1.54, 1.807) is 36.8 Å². The number of ether oxygens (including phenoxy) is 2. The van der Waals surface area contributed by atoms with Gasteiger partial charge in [-0.2, -0.15) is 0 Å². The first-order chi connectivity index (χ1) is 15.2. The average Bonchev–Trinajstić information content (AvgIpc) is 3.34. The standard InChI is InChI=1S/C24H26N4O3/c1-2-30-22-14-19(7-9-21(22)31-17-18-6-5-11-25-15-18)24(29)27-20-8-10-23(26-16-20)28-12-3-4-13-28/h5-11,14-16H,2-4,12-13,17H2,1H3,(H,27,29). The smallest absolute Gasteiger partial charge is 0.255 e. The molecule has 1 N–H and O–H groups in total. The highest BCUT2D eigenvalue weighted by Gasteiger charge is 2.15. The van der Waals surface area contributed by atoms with Crippen molar-refractivity contribution in [3.05, 3.63) is 72.2 Å². The minimum absolute atomic E-state index is 0.226. The van der Waals surface area contributed by atoms with Gasteiger partial charge in [-0.3, -0.25) is 9.78 Å². The molecular weight excluding hydrogens is 392 g/mol. The summed E-state index contributed by atoms with van der Waals surface area (Å²) in [6.07, 6.45) is 7.57. The van der Waals surface area contributed by atoms with Crippen LogP contribution in [0.4, 0.5) is 11.5 Å². The van der Waals surface area contributed by atoms with Crippen LogP contribution in [0.3, 0.4) is 0 Å². The molecule has 7 heteroatoms. The Morgan fingerprint density at radius 3 is 2.65 bits per heavy atom. The molecule has 0 bridgehead atoms. The van der Waals surface area contributed by atoms with Crippen molar-refractivity contribution in [1.29, 1.82) is 0 Å². The minimum atomic E-state index is -0.226. The molecule has 4 rings (SSSR count). The number of hydrogen-bond acceptors (Lipinski definition) is 6. The summed E-state index contributed by atoms with van der Waals surface area (Å²) in [6, 6.07) is 12.8. The third-order valence-corrected chi connectivity index (χ3v) is 5.06. The second kappa shape index (κ2) is 9.93. The molecule has 1 saturated heterocycles. The highest BCUT2D eigenvalue weighted by atomic mass is 16.5. The van der Waals surface area contributed by atoms with E-state index in [4.69, 9.17) is 9.47 Å². The molecule has 0 radical (unpaired) electrons. The Bertz CT molecular complexity index is 1000. The van der Waals surface area contributed by atoms with Crippen LogP contribution in [0.15, 0.2) is 61.1 Å². The van der Waals surface area contributed by atoms with E-state index < -0.39 is 0 Å². The molecule has 0 spiro atoms. The zero-order valence-electron chi connectivity index (χ0n) is 17.6. The second-order valence-corrected chi connectivity index (χ2v) is 7.30.